The van der Waals surface area contributed by atoms with Gasteiger partial charge in [-0.2, -0.15) is 0 Å². The number of allylic oxidation sites excluding steroid dienone is 4. The number of ketones is 2. The van der Waals surface area contributed by atoms with Crippen LogP contribution in [0.4, 0.5) is 0 Å². The van der Waals surface area contributed by atoms with Crippen LogP contribution in [-0.2, 0) is 9.59 Å². The van der Waals surface area contributed by atoms with Crippen LogP contribution < -0.4 is 0 Å². The van der Waals surface area contributed by atoms with Gasteiger partial charge in [-0.25, -0.2) is 0 Å². The van der Waals surface area contributed by atoms with Gasteiger partial charge in [0, 0.05) is 17.3 Å². The molecule has 0 spiro atoms. The maximum Gasteiger partial charge on any atom is 0.178 e. The van der Waals surface area contributed by atoms with E-state index in [0.717, 1.165) is 32.1 Å². The van der Waals surface area contributed by atoms with E-state index < -0.39 is 0 Å². The maximum atomic E-state index is 12.3. The Morgan fingerprint density at radius 2 is 1.86 bits per heavy atom. The molecule has 0 aromatic carbocycles. The van der Waals surface area contributed by atoms with E-state index in [1.807, 2.05) is 6.08 Å². The predicted molar refractivity (Wildman–Crippen MR) is 81.6 cm³/mol. The minimum absolute atomic E-state index is 0.0487. The van der Waals surface area contributed by atoms with Crippen LogP contribution in [0.1, 0.15) is 52.4 Å². The zero-order chi connectivity index (χ0) is 14.8. The standard InChI is InChI=1S/C19H24O2/c1-18-9-7-13(20)11-12(18)3-4-14-15-5-6-17(21)19(15,2)10-8-16(14)18/h7,9,11,14-16H,3-6,8,10H2,1-2H3/t14?,15?,16?,18-,19-/m0/s1/i7+1,11+1,13+1. The number of hydrogen-bond donors (Lipinski definition) is 0. The summed E-state index contributed by atoms with van der Waals surface area (Å²) in [4.78, 5) is 24.0. The number of rotatable bonds is 0. The lowest BCUT2D eigenvalue weighted by atomic mass is 9.49. The highest BCUT2D eigenvalue weighted by atomic mass is 16.2. The van der Waals surface area contributed by atoms with Gasteiger partial charge in [0.2, 0.25) is 0 Å². The fraction of sp³-hybridized carbons (Fsp3) is 0.684. The highest BCUT2D eigenvalue weighted by Gasteiger charge is 2.58. The minimum atomic E-state index is -0.0487. The van der Waals surface area contributed by atoms with Crippen LogP contribution in [0.25, 0.3) is 0 Å². The van der Waals surface area contributed by atoms with Crippen molar-refractivity contribution in [3.8, 4) is 0 Å². The van der Waals surface area contributed by atoms with Crippen molar-refractivity contribution in [1.29, 1.82) is 0 Å². The van der Waals surface area contributed by atoms with E-state index in [-0.39, 0.29) is 16.6 Å². The third-order valence-corrected chi connectivity index (χ3v) is 7.27. The fourth-order valence-electron chi connectivity index (χ4n) is 5.97. The van der Waals surface area contributed by atoms with Crippen molar-refractivity contribution in [2.75, 3.05) is 0 Å². The van der Waals surface area contributed by atoms with Crippen molar-refractivity contribution >= 4 is 11.6 Å². The molecule has 4 rings (SSSR count). The van der Waals surface area contributed by atoms with Crippen LogP contribution in [0.15, 0.2) is 23.8 Å². The summed E-state index contributed by atoms with van der Waals surface area (Å²) in [6, 6.07) is 0. The molecule has 0 aromatic heterocycles. The molecule has 0 saturated heterocycles. The molecule has 2 nitrogen and oxygen atoms in total. The van der Waals surface area contributed by atoms with E-state index in [1.165, 1.54) is 12.0 Å². The van der Waals surface area contributed by atoms with Gasteiger partial charge >= 0.3 is 0 Å². The van der Waals surface area contributed by atoms with Gasteiger partial charge in [-0.05, 0) is 62.0 Å². The second-order valence-corrected chi connectivity index (χ2v) is 8.02. The van der Waals surface area contributed by atoms with Crippen molar-refractivity contribution in [3.05, 3.63) is 23.8 Å². The average molecular weight is 287 g/mol. The van der Waals surface area contributed by atoms with Gasteiger partial charge in [0.25, 0.3) is 0 Å². The largest absolute Gasteiger partial charge is 0.299 e. The third kappa shape index (κ3) is 1.65. The minimum Gasteiger partial charge on any atom is -0.299 e. The van der Waals surface area contributed by atoms with Crippen LogP contribution in [0.5, 0.6) is 0 Å². The van der Waals surface area contributed by atoms with E-state index in [1.54, 1.807) is 6.08 Å². The Morgan fingerprint density at radius 1 is 1.05 bits per heavy atom. The number of hydrogen-bond acceptors (Lipinski definition) is 2. The first-order chi connectivity index (χ1) is 9.95. The zero-order valence-corrected chi connectivity index (χ0v) is 13.0. The lowest BCUT2D eigenvalue weighted by Gasteiger charge is -2.55. The van der Waals surface area contributed by atoms with Crippen LogP contribution in [-0.4, -0.2) is 11.6 Å². The number of carbonyl (C=O) groups is 2. The molecule has 21 heavy (non-hydrogen) atoms. The molecule has 0 N–H and O–H groups in total. The Bertz CT molecular complexity index is 584. The second-order valence-electron chi connectivity index (χ2n) is 8.02. The Kier molecular flexibility index (Phi) is 2.68. The van der Waals surface area contributed by atoms with Gasteiger partial charge in [-0.1, -0.05) is 25.5 Å². The van der Waals surface area contributed by atoms with Crippen LogP contribution in [0, 0.1) is 28.6 Å². The lowest BCUT2D eigenvalue weighted by Crippen LogP contribution is -2.49. The smallest absolute Gasteiger partial charge is 0.178 e. The van der Waals surface area contributed by atoms with Crippen molar-refractivity contribution in [1.82, 2.24) is 0 Å². The molecule has 3 saturated carbocycles. The molecular weight excluding hydrogens is 263 g/mol. The summed E-state index contributed by atoms with van der Waals surface area (Å²) in [6.07, 6.45) is 12.1. The van der Waals surface area contributed by atoms with Gasteiger partial charge in [0.05, 0.1) is 0 Å². The van der Waals surface area contributed by atoms with Gasteiger partial charge in [-0.15, -0.1) is 0 Å². The first-order valence-corrected chi connectivity index (χ1v) is 8.43. The molecule has 0 amide bonds. The Morgan fingerprint density at radius 3 is 2.67 bits per heavy atom. The molecule has 112 valence electrons. The average Bonchev–Trinajstić information content (AvgIpc) is 2.76. The summed E-state index contributed by atoms with van der Waals surface area (Å²) in [7, 11) is 0. The molecular formula is C19H24O2. The quantitative estimate of drug-likeness (QED) is 0.634. The van der Waals surface area contributed by atoms with Crippen molar-refractivity contribution in [3.63, 3.8) is 0 Å². The van der Waals surface area contributed by atoms with E-state index in [9.17, 15) is 9.59 Å². The monoisotopic (exact) mass is 287 g/mol. The first-order valence-electron chi connectivity index (χ1n) is 8.43. The Labute approximate surface area is 126 Å². The Hall–Kier alpha value is -1.18. The summed E-state index contributed by atoms with van der Waals surface area (Å²) < 4.78 is 0. The predicted octanol–water partition coefficient (Wildman–Crippen LogP) is 3.86. The molecule has 0 heterocycles. The topological polar surface area (TPSA) is 34.1 Å². The zero-order valence-electron chi connectivity index (χ0n) is 13.0. The second kappa shape index (κ2) is 4.18. The lowest BCUT2D eigenvalue weighted by molar-refractivity contribution is -0.131. The summed E-state index contributed by atoms with van der Waals surface area (Å²) in [6.45, 7) is 4.54. The van der Waals surface area contributed by atoms with Crippen LogP contribution in [0.3, 0.4) is 0 Å². The SMILES string of the molecule is C[C@]12C=[13CH][13C](=O)[13CH]=C1CCC1C2CC[C@]2(C)C(=O)CCC12. The van der Waals surface area contributed by atoms with Gasteiger partial charge in [0.1, 0.15) is 5.78 Å². The molecule has 0 bridgehead atoms. The van der Waals surface area contributed by atoms with E-state index in [0.29, 0.717) is 23.5 Å². The van der Waals surface area contributed by atoms with E-state index >= 15 is 0 Å². The highest BCUT2D eigenvalue weighted by Crippen LogP contribution is 2.63. The molecule has 0 aromatic rings. The van der Waals surface area contributed by atoms with Crippen LogP contribution >= 0.6 is 0 Å². The first kappa shape index (κ1) is 13.5. The highest BCUT2D eigenvalue weighted by molar-refractivity contribution is 6.01. The number of carbonyl (C=O) groups excluding carboxylic acids is 2. The summed E-state index contributed by atoms with van der Waals surface area (Å²) in [5, 5.41) is 0. The number of Topliss-reactive ketones (excluding diaryl/α,β-unsaturated/α-hetero) is 1. The van der Waals surface area contributed by atoms with Gasteiger partial charge in [0.15, 0.2) is 5.78 Å². The van der Waals surface area contributed by atoms with Crippen molar-refractivity contribution in [2.24, 2.45) is 28.6 Å². The third-order valence-electron chi connectivity index (χ3n) is 7.27. The Balaban J connectivity index is 1.72. The molecule has 0 aliphatic heterocycles. The summed E-state index contributed by atoms with van der Waals surface area (Å²) in [5.74, 6) is 2.51. The van der Waals surface area contributed by atoms with Gasteiger partial charge in [-0.3, -0.25) is 9.59 Å². The molecule has 2 heteroatoms. The van der Waals surface area contributed by atoms with Crippen molar-refractivity contribution in [2.45, 2.75) is 52.4 Å². The summed E-state index contributed by atoms with van der Waals surface area (Å²) >= 11 is 0. The normalized spacial score (nSPS) is 48.5. The van der Waals surface area contributed by atoms with E-state index in [4.69, 9.17) is 0 Å². The number of fused-ring (bicyclic) bond motifs is 5. The fourth-order valence-corrected chi connectivity index (χ4v) is 5.97. The molecule has 4 aliphatic rings. The maximum absolute atomic E-state index is 12.3. The van der Waals surface area contributed by atoms with Gasteiger partial charge < -0.3 is 0 Å². The molecule has 4 aliphatic carbocycles. The molecule has 3 fully saturated rings. The van der Waals surface area contributed by atoms with E-state index in [2.05, 4.69) is 19.9 Å². The summed E-state index contributed by atoms with van der Waals surface area (Å²) in [5.41, 5.74) is 1.35. The molecule has 3 unspecified atom stereocenters. The molecule has 5 atom stereocenters. The molecule has 0 radical (unpaired) electrons. The van der Waals surface area contributed by atoms with Crippen molar-refractivity contribution < 1.29 is 9.59 Å². The van der Waals surface area contributed by atoms with Crippen LogP contribution in [0.2, 0.25) is 0 Å².